The summed E-state index contributed by atoms with van der Waals surface area (Å²) in [6.45, 7) is 1.77. The van der Waals surface area contributed by atoms with Gasteiger partial charge in [-0.05, 0) is 42.8 Å². The Morgan fingerprint density at radius 3 is 2.61 bits per heavy atom. The Bertz CT molecular complexity index is 729. The Morgan fingerprint density at radius 1 is 1.13 bits per heavy atom. The fourth-order valence-electron chi connectivity index (χ4n) is 2.01. The topological polar surface area (TPSA) is 93.5 Å². The summed E-state index contributed by atoms with van der Waals surface area (Å²) in [5, 5.41) is 5.49. The molecule has 0 saturated heterocycles. The van der Waals surface area contributed by atoms with Gasteiger partial charge in [-0.1, -0.05) is 12.1 Å². The van der Waals surface area contributed by atoms with Crippen LogP contribution in [0.4, 0.5) is 11.4 Å². The first-order chi connectivity index (χ1) is 11.0. The second-order valence-corrected chi connectivity index (χ2v) is 4.97. The third-order valence-corrected chi connectivity index (χ3v) is 3.29. The van der Waals surface area contributed by atoms with Gasteiger partial charge in [-0.2, -0.15) is 0 Å². The number of ether oxygens (including phenoxy) is 1. The van der Waals surface area contributed by atoms with Gasteiger partial charge in [0.25, 0.3) is 5.91 Å². The quantitative estimate of drug-likeness (QED) is 0.788. The van der Waals surface area contributed by atoms with Gasteiger partial charge in [-0.3, -0.25) is 9.59 Å². The van der Waals surface area contributed by atoms with Gasteiger partial charge in [0.1, 0.15) is 5.75 Å². The maximum Gasteiger partial charge on any atom is 0.255 e. The van der Waals surface area contributed by atoms with Crippen LogP contribution < -0.4 is 21.1 Å². The molecule has 0 atom stereocenters. The maximum atomic E-state index is 12.4. The average molecular weight is 313 g/mol. The molecule has 0 radical (unpaired) electrons. The highest BCUT2D eigenvalue weighted by Crippen LogP contribution is 2.22. The van der Waals surface area contributed by atoms with Crippen molar-refractivity contribution in [1.82, 2.24) is 0 Å². The minimum atomic E-state index is -0.293. The highest BCUT2D eigenvalue weighted by atomic mass is 16.5. The number of anilines is 2. The summed E-state index contributed by atoms with van der Waals surface area (Å²) in [4.78, 5) is 23.7. The van der Waals surface area contributed by atoms with Crippen molar-refractivity contribution in [3.8, 4) is 5.75 Å². The van der Waals surface area contributed by atoms with Gasteiger partial charge in [0.2, 0.25) is 5.91 Å². The molecule has 0 bridgehead atoms. The van der Waals surface area contributed by atoms with Crippen molar-refractivity contribution in [2.45, 2.75) is 6.92 Å². The van der Waals surface area contributed by atoms with E-state index in [9.17, 15) is 9.59 Å². The first-order valence-corrected chi connectivity index (χ1v) is 7.09. The van der Waals surface area contributed by atoms with Crippen molar-refractivity contribution in [2.24, 2.45) is 5.73 Å². The fourth-order valence-corrected chi connectivity index (χ4v) is 2.01. The van der Waals surface area contributed by atoms with E-state index in [1.165, 1.54) is 0 Å². The van der Waals surface area contributed by atoms with Gasteiger partial charge in [0, 0.05) is 16.9 Å². The van der Waals surface area contributed by atoms with Gasteiger partial charge in [0.15, 0.2) is 0 Å². The average Bonchev–Trinajstić information content (AvgIpc) is 2.57. The van der Waals surface area contributed by atoms with Gasteiger partial charge >= 0.3 is 0 Å². The van der Waals surface area contributed by atoms with Crippen molar-refractivity contribution in [3.05, 3.63) is 53.6 Å². The molecule has 2 aromatic rings. The predicted octanol–water partition coefficient (Wildman–Crippen LogP) is 2.15. The van der Waals surface area contributed by atoms with E-state index in [0.29, 0.717) is 22.7 Å². The van der Waals surface area contributed by atoms with E-state index in [2.05, 4.69) is 10.6 Å². The highest BCUT2D eigenvalue weighted by Gasteiger charge is 2.10. The molecular weight excluding hydrogens is 294 g/mol. The molecule has 0 aliphatic rings. The normalized spacial score (nSPS) is 10.0. The number of amides is 2. The molecule has 0 saturated carbocycles. The molecule has 0 aromatic heterocycles. The molecule has 0 unspecified atom stereocenters. The molecule has 0 spiro atoms. The van der Waals surface area contributed by atoms with Gasteiger partial charge in [-0.15, -0.1) is 0 Å². The van der Waals surface area contributed by atoms with Crippen molar-refractivity contribution >= 4 is 23.2 Å². The standard InChI is InChI=1S/C17H19N3O3/c1-11-6-7-13(19-16(21)10-18)9-15(11)20-17(22)12-4-3-5-14(8-12)23-2/h3-9H,10,18H2,1-2H3,(H,19,21)(H,20,22). The number of carbonyl (C=O) groups excluding carboxylic acids is 2. The maximum absolute atomic E-state index is 12.4. The molecule has 0 heterocycles. The number of rotatable bonds is 5. The number of hydrogen-bond donors (Lipinski definition) is 3. The predicted molar refractivity (Wildman–Crippen MR) is 89.8 cm³/mol. The number of benzene rings is 2. The largest absolute Gasteiger partial charge is 0.497 e. The van der Waals surface area contributed by atoms with Crippen LogP contribution in [0.3, 0.4) is 0 Å². The summed E-state index contributed by atoms with van der Waals surface area (Å²) in [6.07, 6.45) is 0. The van der Waals surface area contributed by atoms with Crippen LogP contribution >= 0.6 is 0 Å². The number of hydrogen-bond acceptors (Lipinski definition) is 4. The van der Waals surface area contributed by atoms with Crippen LogP contribution in [-0.2, 0) is 4.79 Å². The van der Waals surface area contributed by atoms with Crippen LogP contribution in [0.5, 0.6) is 5.75 Å². The Labute approximate surface area is 134 Å². The van der Waals surface area contributed by atoms with E-state index in [-0.39, 0.29) is 18.4 Å². The number of nitrogens with two attached hydrogens (primary N) is 1. The minimum Gasteiger partial charge on any atom is -0.497 e. The molecule has 2 rings (SSSR count). The molecule has 6 heteroatoms. The minimum absolute atomic E-state index is 0.0978. The molecule has 120 valence electrons. The van der Waals surface area contributed by atoms with E-state index in [1.54, 1.807) is 43.5 Å². The Kier molecular flexibility index (Phi) is 5.32. The summed E-state index contributed by atoms with van der Waals surface area (Å²) in [5.41, 5.74) is 7.84. The summed E-state index contributed by atoms with van der Waals surface area (Å²) in [7, 11) is 1.55. The van der Waals surface area contributed by atoms with Crippen LogP contribution in [0, 0.1) is 6.92 Å². The zero-order valence-electron chi connectivity index (χ0n) is 13.1. The zero-order chi connectivity index (χ0) is 16.8. The Balaban J connectivity index is 2.19. The lowest BCUT2D eigenvalue weighted by Crippen LogP contribution is -2.22. The molecule has 0 aliphatic carbocycles. The van der Waals surface area contributed by atoms with Crippen molar-refractivity contribution in [3.63, 3.8) is 0 Å². The molecular formula is C17H19N3O3. The lowest BCUT2D eigenvalue weighted by molar-refractivity contribution is -0.114. The highest BCUT2D eigenvalue weighted by molar-refractivity contribution is 6.05. The van der Waals surface area contributed by atoms with Crippen LogP contribution in [0.1, 0.15) is 15.9 Å². The second kappa shape index (κ2) is 7.42. The van der Waals surface area contributed by atoms with E-state index < -0.39 is 0 Å². The molecule has 2 aromatic carbocycles. The van der Waals surface area contributed by atoms with Crippen LogP contribution in [0.15, 0.2) is 42.5 Å². The van der Waals surface area contributed by atoms with Crippen molar-refractivity contribution in [2.75, 3.05) is 24.3 Å². The fraction of sp³-hybridized carbons (Fsp3) is 0.176. The number of nitrogens with one attached hydrogen (secondary N) is 2. The van der Waals surface area contributed by atoms with E-state index in [4.69, 9.17) is 10.5 Å². The van der Waals surface area contributed by atoms with Crippen molar-refractivity contribution < 1.29 is 14.3 Å². The van der Waals surface area contributed by atoms with Crippen LogP contribution in [0.25, 0.3) is 0 Å². The number of carbonyl (C=O) groups is 2. The first kappa shape index (κ1) is 16.5. The summed E-state index contributed by atoms with van der Waals surface area (Å²) < 4.78 is 5.11. The smallest absolute Gasteiger partial charge is 0.255 e. The van der Waals surface area contributed by atoms with E-state index >= 15 is 0 Å². The molecule has 0 aliphatic heterocycles. The van der Waals surface area contributed by atoms with Gasteiger partial charge in [0.05, 0.1) is 13.7 Å². The summed E-state index contributed by atoms with van der Waals surface area (Å²) in [5.74, 6) is 0.0616. The third-order valence-electron chi connectivity index (χ3n) is 3.29. The Hall–Kier alpha value is -2.86. The van der Waals surface area contributed by atoms with Crippen LogP contribution in [0.2, 0.25) is 0 Å². The molecule has 2 amide bonds. The van der Waals surface area contributed by atoms with Gasteiger partial charge in [-0.25, -0.2) is 0 Å². The number of methoxy groups -OCH3 is 1. The third kappa shape index (κ3) is 4.31. The summed E-state index contributed by atoms with van der Waals surface area (Å²) >= 11 is 0. The molecule has 6 nitrogen and oxygen atoms in total. The lowest BCUT2D eigenvalue weighted by atomic mass is 10.1. The molecule has 4 N–H and O–H groups in total. The first-order valence-electron chi connectivity index (χ1n) is 7.09. The Morgan fingerprint density at radius 2 is 1.91 bits per heavy atom. The van der Waals surface area contributed by atoms with E-state index in [0.717, 1.165) is 5.56 Å². The van der Waals surface area contributed by atoms with Crippen molar-refractivity contribution in [1.29, 1.82) is 0 Å². The molecule has 23 heavy (non-hydrogen) atoms. The number of aryl methyl sites for hydroxylation is 1. The van der Waals surface area contributed by atoms with E-state index in [1.807, 2.05) is 13.0 Å². The second-order valence-electron chi connectivity index (χ2n) is 4.97. The zero-order valence-corrected chi connectivity index (χ0v) is 13.1. The summed E-state index contributed by atoms with van der Waals surface area (Å²) in [6, 6.07) is 12.1. The molecule has 0 fully saturated rings. The lowest BCUT2D eigenvalue weighted by Gasteiger charge is -2.12. The van der Waals surface area contributed by atoms with Crippen LogP contribution in [-0.4, -0.2) is 25.5 Å². The monoisotopic (exact) mass is 313 g/mol. The van der Waals surface area contributed by atoms with Gasteiger partial charge < -0.3 is 21.1 Å². The SMILES string of the molecule is COc1cccc(C(=O)Nc2cc(NC(=O)CN)ccc2C)c1.